The summed E-state index contributed by atoms with van der Waals surface area (Å²) in [7, 11) is -3.01. The molecule has 0 saturated carbocycles. The summed E-state index contributed by atoms with van der Waals surface area (Å²) >= 11 is 0. The molecule has 0 aliphatic carbocycles. The number of rotatable bonds is 6. The Hall–Kier alpha value is -1.17. The van der Waals surface area contributed by atoms with E-state index in [1.807, 2.05) is 18.2 Å². The van der Waals surface area contributed by atoms with Crippen molar-refractivity contribution < 1.29 is 8.42 Å². The van der Waals surface area contributed by atoms with Crippen molar-refractivity contribution >= 4 is 16.1 Å². The molecule has 0 atom stereocenters. The van der Waals surface area contributed by atoms with Crippen LogP contribution in [0.3, 0.4) is 0 Å². The van der Waals surface area contributed by atoms with Crippen LogP contribution < -0.4 is 5.32 Å². The van der Waals surface area contributed by atoms with Crippen LogP contribution in [0.2, 0.25) is 0 Å². The zero-order valence-corrected chi connectivity index (χ0v) is 14.3. The van der Waals surface area contributed by atoms with Gasteiger partial charge in [0.15, 0.2) is 0 Å². The molecular formula is C17H26N2O2S. The van der Waals surface area contributed by atoms with Gasteiger partial charge < -0.3 is 5.32 Å². The summed E-state index contributed by atoms with van der Waals surface area (Å²) in [6.07, 6.45) is 5.38. The summed E-state index contributed by atoms with van der Waals surface area (Å²) in [5, 5.41) is 3.49. The lowest BCUT2D eigenvalue weighted by atomic mass is 9.98. The van der Waals surface area contributed by atoms with Crippen LogP contribution in [0, 0.1) is 5.92 Å². The second-order valence-electron chi connectivity index (χ2n) is 6.14. The molecule has 4 nitrogen and oxygen atoms in total. The fourth-order valence-electron chi connectivity index (χ4n) is 2.80. The highest BCUT2D eigenvalue weighted by atomic mass is 32.2. The zero-order valence-electron chi connectivity index (χ0n) is 13.5. The van der Waals surface area contributed by atoms with Gasteiger partial charge in [0.05, 0.1) is 6.26 Å². The maximum atomic E-state index is 11.5. The van der Waals surface area contributed by atoms with Crippen molar-refractivity contribution in [1.29, 1.82) is 0 Å². The Morgan fingerprint density at radius 1 is 1.27 bits per heavy atom. The third kappa shape index (κ3) is 5.55. The summed E-state index contributed by atoms with van der Waals surface area (Å²) in [6, 6.07) is 10.3. The number of sulfonamides is 1. The van der Waals surface area contributed by atoms with Crippen molar-refractivity contribution in [2.24, 2.45) is 5.92 Å². The van der Waals surface area contributed by atoms with Crippen LogP contribution in [-0.4, -0.2) is 45.2 Å². The van der Waals surface area contributed by atoms with E-state index >= 15 is 0 Å². The van der Waals surface area contributed by atoms with Crippen molar-refractivity contribution in [3.8, 4) is 0 Å². The minimum Gasteiger partial charge on any atom is -0.313 e. The standard InChI is InChI=1S/C17H26N2O2S/c1-15(12-16-6-4-3-5-7-16)13-18-14-17-8-10-19(11-9-17)22(2,20)21/h3-7,12,17-18H,8-11,13-14H2,1-2H3/b15-12+. The van der Waals surface area contributed by atoms with Crippen molar-refractivity contribution in [3.63, 3.8) is 0 Å². The average molecular weight is 322 g/mol. The van der Waals surface area contributed by atoms with E-state index in [0.717, 1.165) is 25.9 Å². The summed E-state index contributed by atoms with van der Waals surface area (Å²) in [6.45, 7) is 5.28. The van der Waals surface area contributed by atoms with E-state index in [4.69, 9.17) is 0 Å². The molecule has 0 aromatic heterocycles. The molecule has 1 heterocycles. The van der Waals surface area contributed by atoms with Gasteiger partial charge in [-0.05, 0) is 37.8 Å². The highest BCUT2D eigenvalue weighted by Crippen LogP contribution is 2.18. The smallest absolute Gasteiger partial charge is 0.211 e. The van der Waals surface area contributed by atoms with Gasteiger partial charge in [-0.3, -0.25) is 0 Å². The fourth-order valence-corrected chi connectivity index (χ4v) is 3.68. The molecule has 22 heavy (non-hydrogen) atoms. The molecule has 0 unspecified atom stereocenters. The molecule has 1 aliphatic heterocycles. The van der Waals surface area contributed by atoms with Crippen molar-refractivity contribution in [2.45, 2.75) is 19.8 Å². The summed E-state index contributed by atoms with van der Waals surface area (Å²) in [4.78, 5) is 0. The van der Waals surface area contributed by atoms with Crippen molar-refractivity contribution in [3.05, 3.63) is 41.5 Å². The summed E-state index contributed by atoms with van der Waals surface area (Å²) < 4.78 is 24.5. The van der Waals surface area contributed by atoms with Crippen LogP contribution in [-0.2, 0) is 10.0 Å². The largest absolute Gasteiger partial charge is 0.313 e. The minimum atomic E-state index is -3.01. The Balaban J connectivity index is 1.70. The van der Waals surface area contributed by atoms with E-state index in [2.05, 4.69) is 30.4 Å². The lowest BCUT2D eigenvalue weighted by molar-refractivity contribution is 0.270. The molecule has 0 bridgehead atoms. The Kier molecular flexibility index (Phi) is 6.17. The second kappa shape index (κ2) is 7.90. The van der Waals surface area contributed by atoms with Crippen LogP contribution in [0.4, 0.5) is 0 Å². The molecule has 2 rings (SSSR count). The highest BCUT2D eigenvalue weighted by Gasteiger charge is 2.24. The molecule has 0 radical (unpaired) electrons. The van der Waals surface area contributed by atoms with Crippen LogP contribution in [0.1, 0.15) is 25.3 Å². The van der Waals surface area contributed by atoms with E-state index in [-0.39, 0.29) is 0 Å². The molecule has 1 N–H and O–H groups in total. The number of nitrogens with zero attached hydrogens (tertiary/aromatic N) is 1. The first kappa shape index (κ1) is 17.2. The number of hydrogen-bond donors (Lipinski definition) is 1. The molecule has 1 aromatic carbocycles. The third-order valence-corrected chi connectivity index (χ3v) is 5.40. The lowest BCUT2D eigenvalue weighted by Gasteiger charge is -2.30. The highest BCUT2D eigenvalue weighted by molar-refractivity contribution is 7.88. The molecular weight excluding hydrogens is 296 g/mol. The van der Waals surface area contributed by atoms with Crippen molar-refractivity contribution in [1.82, 2.24) is 9.62 Å². The van der Waals surface area contributed by atoms with E-state index in [0.29, 0.717) is 19.0 Å². The van der Waals surface area contributed by atoms with Gasteiger partial charge in [0.2, 0.25) is 10.0 Å². The number of benzene rings is 1. The SMILES string of the molecule is C/C(=C\c1ccccc1)CNCC1CCN(S(C)(=O)=O)CC1. The van der Waals surface area contributed by atoms with Gasteiger partial charge in [-0.2, -0.15) is 0 Å². The molecule has 1 aliphatic rings. The van der Waals surface area contributed by atoms with Crippen LogP contribution >= 0.6 is 0 Å². The Labute approximate surface area is 134 Å². The zero-order chi connectivity index (χ0) is 16.0. The van der Waals surface area contributed by atoms with Crippen LogP contribution in [0.5, 0.6) is 0 Å². The second-order valence-corrected chi connectivity index (χ2v) is 8.12. The monoisotopic (exact) mass is 322 g/mol. The van der Waals surface area contributed by atoms with E-state index in [9.17, 15) is 8.42 Å². The van der Waals surface area contributed by atoms with Crippen LogP contribution in [0.25, 0.3) is 6.08 Å². The summed E-state index contributed by atoms with van der Waals surface area (Å²) in [5.74, 6) is 0.572. The van der Waals surface area contributed by atoms with Gasteiger partial charge in [0, 0.05) is 19.6 Å². The molecule has 5 heteroatoms. The quantitative estimate of drug-likeness (QED) is 0.874. The number of nitrogens with one attached hydrogen (secondary N) is 1. The molecule has 122 valence electrons. The maximum absolute atomic E-state index is 11.5. The van der Waals surface area contributed by atoms with Gasteiger partial charge in [0.1, 0.15) is 0 Å². The van der Waals surface area contributed by atoms with Gasteiger partial charge >= 0.3 is 0 Å². The predicted molar refractivity (Wildman–Crippen MR) is 92.1 cm³/mol. The van der Waals surface area contributed by atoms with E-state index < -0.39 is 10.0 Å². The number of hydrogen-bond acceptors (Lipinski definition) is 3. The Bertz CT molecular complexity index is 588. The van der Waals surface area contributed by atoms with E-state index in [1.54, 1.807) is 4.31 Å². The molecule has 1 aromatic rings. The normalized spacial score (nSPS) is 18.5. The first-order valence-corrected chi connectivity index (χ1v) is 9.68. The third-order valence-electron chi connectivity index (χ3n) is 4.09. The molecule has 1 saturated heterocycles. The number of piperidine rings is 1. The minimum absolute atomic E-state index is 0.572. The Morgan fingerprint density at radius 3 is 2.50 bits per heavy atom. The average Bonchev–Trinajstić information content (AvgIpc) is 2.48. The van der Waals surface area contributed by atoms with E-state index in [1.165, 1.54) is 17.4 Å². The lowest BCUT2D eigenvalue weighted by Crippen LogP contribution is -2.40. The maximum Gasteiger partial charge on any atom is 0.211 e. The van der Waals surface area contributed by atoms with Crippen LogP contribution in [0.15, 0.2) is 35.9 Å². The molecule has 0 amide bonds. The van der Waals surface area contributed by atoms with Crippen molar-refractivity contribution in [2.75, 3.05) is 32.4 Å². The van der Waals surface area contributed by atoms with Gasteiger partial charge in [-0.25, -0.2) is 12.7 Å². The van der Waals surface area contributed by atoms with Gasteiger partial charge in [0.25, 0.3) is 0 Å². The molecule has 1 fully saturated rings. The topological polar surface area (TPSA) is 49.4 Å². The fraction of sp³-hybridized carbons (Fsp3) is 0.529. The summed E-state index contributed by atoms with van der Waals surface area (Å²) in [5.41, 5.74) is 2.53. The first-order valence-electron chi connectivity index (χ1n) is 7.83. The van der Waals surface area contributed by atoms with Gasteiger partial charge in [-0.15, -0.1) is 0 Å². The Morgan fingerprint density at radius 2 is 1.91 bits per heavy atom. The predicted octanol–water partition coefficient (Wildman–Crippen LogP) is 2.35. The van der Waals surface area contributed by atoms with Gasteiger partial charge in [-0.1, -0.05) is 42.0 Å². The first-order chi connectivity index (χ1) is 10.4. The molecule has 0 spiro atoms.